The van der Waals surface area contributed by atoms with E-state index in [0.717, 1.165) is 22.7 Å². The van der Waals surface area contributed by atoms with Crippen LogP contribution in [0, 0.1) is 5.92 Å². The summed E-state index contributed by atoms with van der Waals surface area (Å²) >= 11 is 5.42. The van der Waals surface area contributed by atoms with Crippen molar-refractivity contribution in [2.45, 2.75) is 44.6 Å². The number of benzene rings is 1. The maximum Gasteiger partial charge on any atom is 0.0187 e. The van der Waals surface area contributed by atoms with Gasteiger partial charge in [0, 0.05) is 21.2 Å². The van der Waals surface area contributed by atoms with Crippen LogP contribution in [0.15, 0.2) is 33.6 Å². The van der Waals surface area contributed by atoms with Crippen molar-refractivity contribution in [2.75, 3.05) is 12.3 Å². The van der Waals surface area contributed by atoms with Crippen LogP contribution in [0.5, 0.6) is 0 Å². The van der Waals surface area contributed by atoms with Gasteiger partial charge >= 0.3 is 0 Å². The Bertz CT molecular complexity index is 326. The Kier molecular flexibility index (Phi) is 8.03. The van der Waals surface area contributed by atoms with Crippen molar-refractivity contribution in [3.8, 4) is 0 Å². The van der Waals surface area contributed by atoms with Crippen LogP contribution in [0.2, 0.25) is 0 Å². The molecule has 18 heavy (non-hydrogen) atoms. The Balaban J connectivity index is 2.47. The molecule has 0 saturated heterocycles. The predicted octanol–water partition coefficient (Wildman–Crippen LogP) is 4.96. The van der Waals surface area contributed by atoms with Crippen molar-refractivity contribution in [1.29, 1.82) is 0 Å². The molecule has 1 aromatic carbocycles. The average Bonchev–Trinajstić information content (AvgIpc) is 2.40. The van der Waals surface area contributed by atoms with Crippen LogP contribution in [0.4, 0.5) is 0 Å². The van der Waals surface area contributed by atoms with Crippen LogP contribution in [-0.2, 0) is 0 Å². The Hall–Kier alpha value is 0.01000. The molecule has 1 N–H and O–H groups in total. The fourth-order valence-electron chi connectivity index (χ4n) is 1.76. The Labute approximate surface area is 124 Å². The lowest BCUT2D eigenvalue weighted by Gasteiger charge is -2.24. The van der Waals surface area contributed by atoms with Crippen LogP contribution in [0.3, 0.4) is 0 Å². The second-order valence-corrected chi connectivity index (χ2v) is 6.72. The number of nitrogens with one attached hydrogen (secondary N) is 1. The van der Waals surface area contributed by atoms with E-state index in [2.05, 4.69) is 66.3 Å². The van der Waals surface area contributed by atoms with Crippen LogP contribution in [-0.4, -0.2) is 18.3 Å². The molecule has 1 rings (SSSR count). The standard InChI is InChI=1S/C15H24BrNS/c1-4-10-17-15(12(3)5-2)11-18-14-8-6-13(16)7-9-14/h6-9,12,15,17H,4-5,10-11H2,1-3H3. The molecule has 0 aliphatic carbocycles. The summed E-state index contributed by atoms with van der Waals surface area (Å²) in [4.78, 5) is 1.35. The molecule has 2 atom stereocenters. The van der Waals surface area contributed by atoms with Gasteiger partial charge in [-0.15, -0.1) is 11.8 Å². The molecule has 0 heterocycles. The number of hydrogen-bond donors (Lipinski definition) is 1. The average molecular weight is 330 g/mol. The summed E-state index contributed by atoms with van der Waals surface area (Å²) in [5.41, 5.74) is 0. The van der Waals surface area contributed by atoms with Crippen LogP contribution >= 0.6 is 27.7 Å². The Morgan fingerprint density at radius 3 is 2.44 bits per heavy atom. The van der Waals surface area contributed by atoms with E-state index in [1.807, 2.05) is 11.8 Å². The monoisotopic (exact) mass is 329 g/mol. The predicted molar refractivity (Wildman–Crippen MR) is 86.4 cm³/mol. The van der Waals surface area contributed by atoms with E-state index in [0.29, 0.717) is 6.04 Å². The van der Waals surface area contributed by atoms with Gasteiger partial charge in [-0.2, -0.15) is 0 Å². The maximum atomic E-state index is 3.67. The molecule has 0 aliphatic rings. The molecule has 0 aromatic heterocycles. The molecule has 0 amide bonds. The smallest absolute Gasteiger partial charge is 0.0187 e. The molecule has 0 radical (unpaired) electrons. The van der Waals surface area contributed by atoms with Crippen LogP contribution in [0.1, 0.15) is 33.6 Å². The fourth-order valence-corrected chi connectivity index (χ4v) is 3.17. The van der Waals surface area contributed by atoms with Crippen molar-refractivity contribution in [3.63, 3.8) is 0 Å². The molecule has 0 bridgehead atoms. The minimum absolute atomic E-state index is 0.614. The van der Waals surface area contributed by atoms with Crippen LogP contribution in [0.25, 0.3) is 0 Å². The highest BCUT2D eigenvalue weighted by atomic mass is 79.9. The van der Waals surface area contributed by atoms with Gasteiger partial charge in [0.1, 0.15) is 0 Å². The molecule has 0 saturated carbocycles. The van der Waals surface area contributed by atoms with Crippen molar-refractivity contribution < 1.29 is 0 Å². The molecule has 0 fully saturated rings. The Morgan fingerprint density at radius 2 is 1.89 bits per heavy atom. The van der Waals surface area contributed by atoms with Crippen LogP contribution < -0.4 is 5.32 Å². The highest BCUT2D eigenvalue weighted by Gasteiger charge is 2.14. The third kappa shape index (κ3) is 5.77. The molecular weight excluding hydrogens is 306 g/mol. The third-order valence-electron chi connectivity index (χ3n) is 3.23. The van der Waals surface area contributed by atoms with Crippen molar-refractivity contribution in [1.82, 2.24) is 5.32 Å². The molecule has 0 aliphatic heterocycles. The van der Waals surface area contributed by atoms with E-state index >= 15 is 0 Å². The van der Waals surface area contributed by atoms with Gasteiger partial charge < -0.3 is 5.32 Å². The first kappa shape index (κ1) is 16.1. The summed E-state index contributed by atoms with van der Waals surface area (Å²) in [6.07, 6.45) is 2.44. The van der Waals surface area contributed by atoms with Gasteiger partial charge in [-0.05, 0) is 43.1 Å². The van der Waals surface area contributed by atoms with Gasteiger partial charge in [0.25, 0.3) is 0 Å². The zero-order valence-electron chi connectivity index (χ0n) is 11.6. The largest absolute Gasteiger partial charge is 0.313 e. The summed E-state index contributed by atoms with van der Waals surface area (Å²) in [6.45, 7) is 7.96. The molecule has 1 nitrogen and oxygen atoms in total. The van der Waals surface area contributed by atoms with E-state index in [1.165, 1.54) is 17.7 Å². The summed E-state index contributed by atoms with van der Waals surface area (Å²) < 4.78 is 1.15. The van der Waals surface area contributed by atoms with Gasteiger partial charge in [-0.1, -0.05) is 43.1 Å². The summed E-state index contributed by atoms with van der Waals surface area (Å²) in [5, 5.41) is 3.67. The topological polar surface area (TPSA) is 12.0 Å². The number of thioether (sulfide) groups is 1. The maximum absolute atomic E-state index is 3.67. The second kappa shape index (κ2) is 9.00. The highest BCUT2D eigenvalue weighted by Crippen LogP contribution is 2.23. The minimum Gasteiger partial charge on any atom is -0.313 e. The summed E-state index contributed by atoms with van der Waals surface area (Å²) in [7, 11) is 0. The molecular formula is C15H24BrNS. The van der Waals surface area contributed by atoms with Crippen molar-refractivity contribution >= 4 is 27.7 Å². The van der Waals surface area contributed by atoms with E-state index < -0.39 is 0 Å². The summed E-state index contributed by atoms with van der Waals surface area (Å²) in [5.74, 6) is 1.89. The summed E-state index contributed by atoms with van der Waals surface area (Å²) in [6, 6.07) is 9.20. The third-order valence-corrected chi connectivity index (χ3v) is 4.89. The zero-order valence-corrected chi connectivity index (χ0v) is 14.0. The minimum atomic E-state index is 0.614. The van der Waals surface area contributed by atoms with Crippen molar-refractivity contribution in [2.24, 2.45) is 5.92 Å². The fraction of sp³-hybridized carbons (Fsp3) is 0.600. The first-order valence-corrected chi connectivity index (χ1v) is 8.57. The van der Waals surface area contributed by atoms with E-state index in [9.17, 15) is 0 Å². The quantitative estimate of drug-likeness (QED) is 0.677. The second-order valence-electron chi connectivity index (χ2n) is 4.71. The lowest BCUT2D eigenvalue weighted by Crippen LogP contribution is -2.37. The van der Waals surface area contributed by atoms with E-state index in [4.69, 9.17) is 0 Å². The van der Waals surface area contributed by atoms with Gasteiger partial charge in [-0.25, -0.2) is 0 Å². The zero-order chi connectivity index (χ0) is 13.4. The first-order valence-electron chi connectivity index (χ1n) is 6.79. The Morgan fingerprint density at radius 1 is 1.22 bits per heavy atom. The lowest BCUT2D eigenvalue weighted by atomic mass is 10.0. The molecule has 0 spiro atoms. The van der Waals surface area contributed by atoms with Gasteiger partial charge in [0.05, 0.1) is 0 Å². The van der Waals surface area contributed by atoms with Gasteiger partial charge in [0.15, 0.2) is 0 Å². The van der Waals surface area contributed by atoms with Gasteiger partial charge in [-0.3, -0.25) is 0 Å². The molecule has 2 unspecified atom stereocenters. The first-order chi connectivity index (χ1) is 8.67. The van der Waals surface area contributed by atoms with Gasteiger partial charge in [0.2, 0.25) is 0 Å². The van der Waals surface area contributed by atoms with E-state index in [-0.39, 0.29) is 0 Å². The molecule has 3 heteroatoms. The SMILES string of the molecule is CCCNC(CSc1ccc(Br)cc1)C(C)CC. The van der Waals surface area contributed by atoms with Crippen molar-refractivity contribution in [3.05, 3.63) is 28.7 Å². The van der Waals surface area contributed by atoms with E-state index in [1.54, 1.807) is 0 Å². The highest BCUT2D eigenvalue weighted by molar-refractivity contribution is 9.10. The number of hydrogen-bond acceptors (Lipinski definition) is 2. The molecule has 102 valence electrons. The number of rotatable bonds is 8. The normalized spacial score (nSPS) is 14.4. The number of halogens is 1. The lowest BCUT2D eigenvalue weighted by molar-refractivity contribution is 0.397. The molecule has 1 aromatic rings.